The van der Waals surface area contributed by atoms with Gasteiger partial charge in [0.1, 0.15) is 0 Å². The van der Waals surface area contributed by atoms with Crippen LogP contribution in [-0.4, -0.2) is 37.0 Å². The average molecular weight is 263 g/mol. The van der Waals surface area contributed by atoms with Gasteiger partial charge in [0.05, 0.1) is 0 Å². The number of rotatable bonds is 8. The molecule has 0 radical (unpaired) electrons. The van der Waals surface area contributed by atoms with Gasteiger partial charge < -0.3 is 11.1 Å². The Morgan fingerprint density at radius 3 is 2.68 bits per heavy atom. The fourth-order valence-corrected chi connectivity index (χ4v) is 1.92. The van der Waals surface area contributed by atoms with E-state index in [1.165, 1.54) is 5.56 Å². The van der Waals surface area contributed by atoms with Gasteiger partial charge in [-0.3, -0.25) is 9.69 Å². The van der Waals surface area contributed by atoms with Crippen LogP contribution in [0.5, 0.6) is 0 Å². The first-order valence-corrected chi connectivity index (χ1v) is 7.00. The van der Waals surface area contributed by atoms with Crippen LogP contribution in [0.2, 0.25) is 0 Å². The van der Waals surface area contributed by atoms with Crippen molar-refractivity contribution in [1.29, 1.82) is 0 Å². The fourth-order valence-electron chi connectivity index (χ4n) is 1.92. The third-order valence-corrected chi connectivity index (χ3v) is 3.16. The fraction of sp³-hybridized carbons (Fsp3) is 0.533. The van der Waals surface area contributed by atoms with Crippen LogP contribution in [0.3, 0.4) is 0 Å². The van der Waals surface area contributed by atoms with Crippen molar-refractivity contribution in [2.24, 2.45) is 5.73 Å². The quantitative estimate of drug-likeness (QED) is 0.701. The van der Waals surface area contributed by atoms with Crippen LogP contribution in [0.25, 0.3) is 0 Å². The second-order valence-electron chi connectivity index (χ2n) is 4.56. The van der Waals surface area contributed by atoms with Crippen molar-refractivity contribution >= 4 is 5.91 Å². The Labute approximate surface area is 116 Å². The normalized spacial score (nSPS) is 10.7. The second-order valence-corrected chi connectivity index (χ2v) is 4.56. The molecule has 1 aromatic rings. The van der Waals surface area contributed by atoms with Crippen LogP contribution in [0.15, 0.2) is 24.3 Å². The van der Waals surface area contributed by atoms with Crippen molar-refractivity contribution < 1.29 is 4.79 Å². The second kappa shape index (κ2) is 8.67. The SMILES string of the molecule is CCN(CC)Cc1cccc(C(=O)NCCCN)c1. The zero-order valence-corrected chi connectivity index (χ0v) is 12.0. The van der Waals surface area contributed by atoms with Gasteiger partial charge in [-0.2, -0.15) is 0 Å². The number of carbonyl (C=O) groups is 1. The van der Waals surface area contributed by atoms with E-state index in [9.17, 15) is 4.79 Å². The molecule has 4 heteroatoms. The Balaban J connectivity index is 2.63. The number of benzene rings is 1. The summed E-state index contributed by atoms with van der Waals surface area (Å²) in [5, 5.41) is 2.88. The zero-order valence-electron chi connectivity index (χ0n) is 12.0. The molecule has 0 atom stereocenters. The topological polar surface area (TPSA) is 58.4 Å². The third-order valence-electron chi connectivity index (χ3n) is 3.16. The van der Waals surface area contributed by atoms with E-state index in [0.717, 1.165) is 31.6 Å². The van der Waals surface area contributed by atoms with E-state index in [2.05, 4.69) is 30.1 Å². The Kier molecular flexibility index (Phi) is 7.15. The number of nitrogens with one attached hydrogen (secondary N) is 1. The summed E-state index contributed by atoms with van der Waals surface area (Å²) >= 11 is 0. The molecule has 0 fully saturated rings. The summed E-state index contributed by atoms with van der Waals surface area (Å²) in [6.07, 6.45) is 0.810. The Morgan fingerprint density at radius 2 is 2.05 bits per heavy atom. The Hall–Kier alpha value is -1.39. The Morgan fingerprint density at radius 1 is 1.32 bits per heavy atom. The molecule has 0 saturated carbocycles. The van der Waals surface area contributed by atoms with Gasteiger partial charge in [-0.15, -0.1) is 0 Å². The molecule has 1 aromatic carbocycles. The largest absolute Gasteiger partial charge is 0.352 e. The molecule has 0 saturated heterocycles. The van der Waals surface area contributed by atoms with Crippen LogP contribution >= 0.6 is 0 Å². The first-order chi connectivity index (χ1) is 9.21. The third kappa shape index (κ3) is 5.41. The van der Waals surface area contributed by atoms with E-state index in [1.54, 1.807) is 0 Å². The summed E-state index contributed by atoms with van der Waals surface area (Å²) in [5.41, 5.74) is 7.31. The van der Waals surface area contributed by atoms with Crippen molar-refractivity contribution in [2.45, 2.75) is 26.8 Å². The lowest BCUT2D eigenvalue weighted by atomic mass is 10.1. The predicted molar refractivity (Wildman–Crippen MR) is 79.1 cm³/mol. The minimum absolute atomic E-state index is 0.0187. The standard InChI is InChI=1S/C15H25N3O/c1-3-18(4-2)12-13-7-5-8-14(11-13)15(19)17-10-6-9-16/h5,7-8,11H,3-4,6,9-10,12,16H2,1-2H3,(H,17,19). The van der Waals surface area contributed by atoms with Gasteiger partial charge >= 0.3 is 0 Å². The molecule has 4 nitrogen and oxygen atoms in total. The molecular weight excluding hydrogens is 238 g/mol. The van der Waals surface area contributed by atoms with E-state index in [0.29, 0.717) is 13.1 Å². The van der Waals surface area contributed by atoms with Crippen molar-refractivity contribution in [3.05, 3.63) is 35.4 Å². The molecule has 3 N–H and O–H groups in total. The lowest BCUT2D eigenvalue weighted by Crippen LogP contribution is -2.26. The maximum absolute atomic E-state index is 11.9. The predicted octanol–water partition coefficient (Wildman–Crippen LogP) is 1.61. The number of carbonyl (C=O) groups excluding carboxylic acids is 1. The molecule has 0 bridgehead atoms. The van der Waals surface area contributed by atoms with Gasteiger partial charge in [0.15, 0.2) is 0 Å². The van der Waals surface area contributed by atoms with Crippen molar-refractivity contribution in [3.63, 3.8) is 0 Å². The summed E-state index contributed by atoms with van der Waals surface area (Å²) in [7, 11) is 0. The highest BCUT2D eigenvalue weighted by Crippen LogP contribution is 2.08. The first kappa shape index (κ1) is 15.7. The number of amides is 1. The van der Waals surface area contributed by atoms with Crippen LogP contribution in [0, 0.1) is 0 Å². The Bertz CT molecular complexity index is 389. The summed E-state index contributed by atoms with van der Waals surface area (Å²) in [6, 6.07) is 7.82. The lowest BCUT2D eigenvalue weighted by Gasteiger charge is -2.18. The molecule has 0 aliphatic rings. The van der Waals surface area contributed by atoms with Crippen molar-refractivity contribution in [1.82, 2.24) is 10.2 Å². The summed E-state index contributed by atoms with van der Waals surface area (Å²) in [4.78, 5) is 14.3. The van der Waals surface area contributed by atoms with E-state index in [-0.39, 0.29) is 5.91 Å². The molecule has 19 heavy (non-hydrogen) atoms. The van der Waals surface area contributed by atoms with Crippen molar-refractivity contribution in [2.75, 3.05) is 26.2 Å². The van der Waals surface area contributed by atoms with Gasteiger partial charge in [-0.1, -0.05) is 26.0 Å². The smallest absolute Gasteiger partial charge is 0.251 e. The summed E-state index contributed by atoms with van der Waals surface area (Å²) in [6.45, 7) is 8.45. The molecule has 0 aromatic heterocycles. The number of hydrogen-bond acceptors (Lipinski definition) is 3. The maximum atomic E-state index is 11.9. The van der Waals surface area contributed by atoms with Crippen LogP contribution < -0.4 is 11.1 Å². The van der Waals surface area contributed by atoms with Crippen LogP contribution in [0.1, 0.15) is 36.2 Å². The van der Waals surface area contributed by atoms with Gasteiger partial charge in [0.2, 0.25) is 0 Å². The van der Waals surface area contributed by atoms with Crippen molar-refractivity contribution in [3.8, 4) is 0 Å². The molecule has 0 spiro atoms. The lowest BCUT2D eigenvalue weighted by molar-refractivity contribution is 0.0953. The molecular formula is C15H25N3O. The summed E-state index contributed by atoms with van der Waals surface area (Å²) in [5.74, 6) is -0.0187. The number of nitrogens with two attached hydrogens (primary N) is 1. The molecule has 106 valence electrons. The van der Waals surface area contributed by atoms with E-state index >= 15 is 0 Å². The molecule has 0 aliphatic heterocycles. The minimum atomic E-state index is -0.0187. The maximum Gasteiger partial charge on any atom is 0.251 e. The first-order valence-electron chi connectivity index (χ1n) is 7.00. The molecule has 0 heterocycles. The minimum Gasteiger partial charge on any atom is -0.352 e. The van der Waals surface area contributed by atoms with E-state index in [4.69, 9.17) is 5.73 Å². The zero-order chi connectivity index (χ0) is 14.1. The van der Waals surface area contributed by atoms with E-state index < -0.39 is 0 Å². The monoisotopic (exact) mass is 263 g/mol. The van der Waals surface area contributed by atoms with Gasteiger partial charge in [-0.05, 0) is 43.8 Å². The highest BCUT2D eigenvalue weighted by molar-refractivity contribution is 5.94. The molecule has 0 unspecified atom stereocenters. The summed E-state index contributed by atoms with van der Waals surface area (Å²) < 4.78 is 0. The van der Waals surface area contributed by atoms with Gasteiger partial charge in [0.25, 0.3) is 5.91 Å². The molecule has 1 rings (SSSR count). The highest BCUT2D eigenvalue weighted by Gasteiger charge is 2.07. The molecule has 1 amide bonds. The average Bonchev–Trinajstić information content (AvgIpc) is 2.45. The number of nitrogens with zero attached hydrogens (tertiary/aromatic N) is 1. The van der Waals surface area contributed by atoms with Gasteiger partial charge in [-0.25, -0.2) is 0 Å². The number of hydrogen-bond donors (Lipinski definition) is 2. The van der Waals surface area contributed by atoms with Crippen LogP contribution in [0.4, 0.5) is 0 Å². The molecule has 0 aliphatic carbocycles. The van der Waals surface area contributed by atoms with Gasteiger partial charge in [0, 0.05) is 18.7 Å². The van der Waals surface area contributed by atoms with Crippen LogP contribution in [-0.2, 0) is 6.54 Å². The van der Waals surface area contributed by atoms with E-state index in [1.807, 2.05) is 18.2 Å². The highest BCUT2D eigenvalue weighted by atomic mass is 16.1.